The van der Waals surface area contributed by atoms with Crippen LogP contribution < -0.4 is 0 Å². The highest BCUT2D eigenvalue weighted by Crippen LogP contribution is 2.21. The molecular weight excluding hydrogens is 254 g/mol. The Kier molecular flexibility index (Phi) is 3.74. The van der Waals surface area contributed by atoms with Gasteiger partial charge >= 0.3 is 0 Å². The average Bonchev–Trinajstić information content (AvgIpc) is 2.96. The Hall–Kier alpha value is -1.43. The van der Waals surface area contributed by atoms with Crippen LogP contribution in [0.4, 0.5) is 0 Å². The number of nitrogens with one attached hydrogen (secondary N) is 1. The number of hydrogen-bond donors (Lipinski definition) is 1. The van der Waals surface area contributed by atoms with E-state index < -0.39 is 0 Å². The molecule has 6 nitrogen and oxygen atoms in total. The van der Waals surface area contributed by atoms with Crippen LogP contribution in [0.5, 0.6) is 0 Å². The van der Waals surface area contributed by atoms with E-state index >= 15 is 0 Å². The van der Waals surface area contributed by atoms with Crippen molar-refractivity contribution >= 4 is 5.91 Å². The van der Waals surface area contributed by atoms with E-state index in [-0.39, 0.29) is 11.8 Å². The van der Waals surface area contributed by atoms with Crippen molar-refractivity contribution in [3.05, 3.63) is 11.6 Å². The second-order valence-corrected chi connectivity index (χ2v) is 6.14. The Bertz CT molecular complexity index is 484. The smallest absolute Gasteiger partial charge is 0.293 e. The van der Waals surface area contributed by atoms with Crippen molar-refractivity contribution in [2.45, 2.75) is 45.1 Å². The predicted molar refractivity (Wildman–Crippen MR) is 75.6 cm³/mol. The number of rotatable bonds is 2. The van der Waals surface area contributed by atoms with Crippen LogP contribution >= 0.6 is 0 Å². The van der Waals surface area contributed by atoms with E-state index in [1.54, 1.807) is 0 Å². The molecule has 6 heteroatoms. The third-order valence-corrected chi connectivity index (χ3v) is 4.37. The first-order valence-electron chi connectivity index (χ1n) is 7.61. The van der Waals surface area contributed by atoms with E-state index in [1.165, 1.54) is 25.8 Å². The van der Waals surface area contributed by atoms with Crippen molar-refractivity contribution in [2.24, 2.45) is 0 Å². The standard InChI is InChI=1S/C14H23N5O/c1-10(2)12-15-13(17-16-12)14(20)19-8-7-18-6-4-3-5-11(18)9-19/h10-11H,3-9H2,1-2H3,(H,15,16,17). The molecule has 2 aliphatic rings. The molecule has 110 valence electrons. The van der Waals surface area contributed by atoms with Crippen LogP contribution in [0.25, 0.3) is 0 Å². The number of aromatic nitrogens is 3. The second-order valence-electron chi connectivity index (χ2n) is 6.14. The summed E-state index contributed by atoms with van der Waals surface area (Å²) in [5, 5.41) is 6.94. The summed E-state index contributed by atoms with van der Waals surface area (Å²) in [4.78, 5) is 21.2. The van der Waals surface area contributed by atoms with Gasteiger partial charge in [0, 0.05) is 31.6 Å². The normalized spacial score (nSPS) is 23.9. The predicted octanol–water partition coefficient (Wildman–Crippen LogP) is 1.24. The highest BCUT2D eigenvalue weighted by Gasteiger charge is 2.32. The maximum atomic E-state index is 12.5. The summed E-state index contributed by atoms with van der Waals surface area (Å²) in [6.45, 7) is 7.86. The molecule has 2 saturated heterocycles. The maximum absolute atomic E-state index is 12.5. The number of aromatic amines is 1. The topological polar surface area (TPSA) is 65.1 Å². The Morgan fingerprint density at radius 2 is 2.15 bits per heavy atom. The number of piperazine rings is 1. The summed E-state index contributed by atoms with van der Waals surface area (Å²) < 4.78 is 0. The number of amides is 1. The minimum Gasteiger partial charge on any atom is -0.333 e. The van der Waals surface area contributed by atoms with Crippen molar-refractivity contribution in [3.8, 4) is 0 Å². The third kappa shape index (κ3) is 2.57. The Morgan fingerprint density at radius 1 is 1.30 bits per heavy atom. The zero-order valence-corrected chi connectivity index (χ0v) is 12.3. The van der Waals surface area contributed by atoms with Gasteiger partial charge in [0.25, 0.3) is 5.91 Å². The molecule has 20 heavy (non-hydrogen) atoms. The lowest BCUT2D eigenvalue weighted by Gasteiger charge is -2.43. The molecule has 2 fully saturated rings. The number of carbonyl (C=O) groups excluding carboxylic acids is 1. The van der Waals surface area contributed by atoms with E-state index in [4.69, 9.17) is 0 Å². The third-order valence-electron chi connectivity index (χ3n) is 4.37. The summed E-state index contributed by atoms with van der Waals surface area (Å²) in [6, 6.07) is 0.532. The first kappa shape index (κ1) is 13.5. The first-order valence-corrected chi connectivity index (χ1v) is 7.61. The number of piperidine rings is 1. The molecule has 1 amide bonds. The molecule has 0 spiro atoms. The van der Waals surface area contributed by atoms with Crippen LogP contribution in [0.15, 0.2) is 0 Å². The minimum absolute atomic E-state index is 0.0293. The number of fused-ring (bicyclic) bond motifs is 1. The van der Waals surface area contributed by atoms with Gasteiger partial charge in [0.15, 0.2) is 0 Å². The fourth-order valence-corrected chi connectivity index (χ4v) is 3.11. The van der Waals surface area contributed by atoms with Gasteiger partial charge in [-0.05, 0) is 19.4 Å². The molecule has 0 radical (unpaired) electrons. The lowest BCUT2D eigenvalue weighted by molar-refractivity contribution is 0.0364. The summed E-state index contributed by atoms with van der Waals surface area (Å²) in [6.07, 6.45) is 3.78. The molecule has 1 N–H and O–H groups in total. The van der Waals surface area contributed by atoms with Crippen molar-refractivity contribution in [3.63, 3.8) is 0 Å². The summed E-state index contributed by atoms with van der Waals surface area (Å²) >= 11 is 0. The largest absolute Gasteiger partial charge is 0.333 e. The molecule has 0 bridgehead atoms. The van der Waals surface area contributed by atoms with Crippen LogP contribution in [0, 0.1) is 0 Å². The highest BCUT2D eigenvalue weighted by molar-refractivity contribution is 5.90. The summed E-state index contributed by atoms with van der Waals surface area (Å²) in [5.74, 6) is 1.33. The molecule has 2 aliphatic heterocycles. The summed E-state index contributed by atoms with van der Waals surface area (Å²) in [7, 11) is 0. The number of hydrogen-bond acceptors (Lipinski definition) is 4. The van der Waals surface area contributed by atoms with Gasteiger partial charge in [0.05, 0.1) is 0 Å². The Balaban J connectivity index is 1.67. The molecule has 1 aromatic rings. The number of carbonyl (C=O) groups is 1. The molecule has 1 aromatic heterocycles. The van der Waals surface area contributed by atoms with Gasteiger partial charge < -0.3 is 4.90 Å². The van der Waals surface area contributed by atoms with Gasteiger partial charge in [-0.2, -0.15) is 0 Å². The lowest BCUT2D eigenvalue weighted by Crippen LogP contribution is -2.56. The first-order chi connectivity index (χ1) is 9.65. The van der Waals surface area contributed by atoms with Gasteiger partial charge in [-0.15, -0.1) is 5.10 Å². The van der Waals surface area contributed by atoms with E-state index in [0.717, 1.165) is 25.5 Å². The quantitative estimate of drug-likeness (QED) is 0.883. The molecular formula is C14H23N5O. The van der Waals surface area contributed by atoms with Gasteiger partial charge in [-0.25, -0.2) is 4.98 Å². The lowest BCUT2D eigenvalue weighted by atomic mass is 9.99. The minimum atomic E-state index is -0.0293. The van der Waals surface area contributed by atoms with E-state index in [0.29, 0.717) is 11.9 Å². The maximum Gasteiger partial charge on any atom is 0.293 e. The van der Waals surface area contributed by atoms with Gasteiger partial charge in [0.1, 0.15) is 5.82 Å². The molecule has 1 atom stereocenters. The van der Waals surface area contributed by atoms with Crippen LogP contribution in [-0.4, -0.2) is 63.1 Å². The van der Waals surface area contributed by atoms with Crippen LogP contribution in [-0.2, 0) is 0 Å². The Morgan fingerprint density at radius 3 is 2.90 bits per heavy atom. The molecule has 0 saturated carbocycles. The van der Waals surface area contributed by atoms with E-state index in [9.17, 15) is 4.79 Å². The summed E-state index contributed by atoms with van der Waals surface area (Å²) in [5.41, 5.74) is 0. The molecule has 0 aliphatic carbocycles. The van der Waals surface area contributed by atoms with Crippen molar-refractivity contribution < 1.29 is 4.79 Å². The van der Waals surface area contributed by atoms with Gasteiger partial charge in [0.2, 0.25) is 5.82 Å². The number of H-pyrrole nitrogens is 1. The Labute approximate surface area is 119 Å². The molecule has 3 rings (SSSR count). The average molecular weight is 277 g/mol. The van der Waals surface area contributed by atoms with Crippen LogP contribution in [0.2, 0.25) is 0 Å². The monoisotopic (exact) mass is 277 g/mol. The number of nitrogens with zero attached hydrogens (tertiary/aromatic N) is 4. The van der Waals surface area contributed by atoms with Crippen LogP contribution in [0.1, 0.15) is 55.5 Å². The fraction of sp³-hybridized carbons (Fsp3) is 0.786. The van der Waals surface area contributed by atoms with Crippen LogP contribution in [0.3, 0.4) is 0 Å². The fourth-order valence-electron chi connectivity index (χ4n) is 3.11. The van der Waals surface area contributed by atoms with Gasteiger partial charge in [-0.3, -0.25) is 14.8 Å². The van der Waals surface area contributed by atoms with E-state index in [2.05, 4.69) is 20.1 Å². The molecule has 3 heterocycles. The highest BCUT2D eigenvalue weighted by atomic mass is 16.2. The van der Waals surface area contributed by atoms with Gasteiger partial charge in [-0.1, -0.05) is 20.3 Å². The van der Waals surface area contributed by atoms with Crippen molar-refractivity contribution in [2.75, 3.05) is 26.2 Å². The van der Waals surface area contributed by atoms with E-state index in [1.807, 2.05) is 18.7 Å². The zero-order chi connectivity index (χ0) is 14.1. The van der Waals surface area contributed by atoms with Crippen molar-refractivity contribution in [1.82, 2.24) is 25.0 Å². The molecule has 0 aromatic carbocycles. The second kappa shape index (κ2) is 5.52. The van der Waals surface area contributed by atoms with Crippen molar-refractivity contribution in [1.29, 1.82) is 0 Å². The SMILES string of the molecule is CC(C)c1nc(C(=O)N2CCN3CCCCC3C2)n[nH]1. The molecule has 1 unspecified atom stereocenters. The zero-order valence-electron chi connectivity index (χ0n) is 12.3.